The Balaban J connectivity index is 2.08. The van der Waals surface area contributed by atoms with Gasteiger partial charge in [0.2, 0.25) is 0 Å². The molecule has 22 heavy (non-hydrogen) atoms. The monoisotopic (exact) mass is 334 g/mol. The van der Waals surface area contributed by atoms with Gasteiger partial charge < -0.3 is 4.42 Å². The van der Waals surface area contributed by atoms with E-state index in [-0.39, 0.29) is 21.3 Å². The molecule has 0 atom stereocenters. The van der Waals surface area contributed by atoms with Crippen molar-refractivity contribution in [2.24, 2.45) is 0 Å². The molecule has 0 radical (unpaired) electrons. The van der Waals surface area contributed by atoms with Crippen LogP contribution in [-0.4, -0.2) is 8.42 Å². The minimum Gasteiger partial charge on any atom is -0.464 e. The maximum absolute atomic E-state index is 12.4. The molecular weight excluding hydrogens is 324 g/mol. The Morgan fingerprint density at radius 3 is 2.50 bits per heavy atom. The topological polar surface area (TPSA) is 64.3 Å². The third-order valence-electron chi connectivity index (χ3n) is 3.25. The Hall–Kier alpha value is -2.11. The lowest BCUT2D eigenvalue weighted by Crippen LogP contribution is -2.14. The van der Waals surface area contributed by atoms with Crippen LogP contribution < -0.4 is 5.43 Å². The molecule has 0 amide bonds. The molecule has 6 heteroatoms. The second-order valence-corrected chi connectivity index (χ2v) is 7.23. The molecule has 1 heterocycles. The lowest BCUT2D eigenvalue weighted by atomic mass is 10.2. The average molecular weight is 335 g/mol. The Morgan fingerprint density at radius 1 is 1.05 bits per heavy atom. The predicted molar refractivity (Wildman–Crippen MR) is 84.8 cm³/mol. The molecule has 0 saturated heterocycles. The first kappa shape index (κ1) is 14.8. The summed E-state index contributed by atoms with van der Waals surface area (Å²) >= 11 is 5.87. The smallest absolute Gasteiger partial charge is 0.196 e. The number of benzene rings is 2. The molecule has 0 bridgehead atoms. The first-order valence-electron chi connectivity index (χ1n) is 6.45. The van der Waals surface area contributed by atoms with E-state index in [2.05, 4.69) is 0 Å². The van der Waals surface area contributed by atoms with E-state index in [1.165, 1.54) is 24.5 Å². The van der Waals surface area contributed by atoms with Crippen LogP contribution in [0.15, 0.2) is 68.9 Å². The summed E-state index contributed by atoms with van der Waals surface area (Å²) < 4.78 is 30.0. The van der Waals surface area contributed by atoms with Crippen molar-refractivity contribution < 1.29 is 12.8 Å². The third-order valence-corrected chi connectivity index (χ3v) is 5.17. The van der Waals surface area contributed by atoms with Crippen molar-refractivity contribution in [2.45, 2.75) is 10.6 Å². The fourth-order valence-corrected chi connectivity index (χ4v) is 3.68. The fourth-order valence-electron chi connectivity index (χ4n) is 2.16. The van der Waals surface area contributed by atoms with Crippen LogP contribution in [0.25, 0.3) is 11.0 Å². The molecule has 112 valence electrons. The van der Waals surface area contributed by atoms with Gasteiger partial charge in [-0.25, -0.2) is 8.42 Å². The van der Waals surface area contributed by atoms with Crippen molar-refractivity contribution in [1.82, 2.24) is 0 Å². The van der Waals surface area contributed by atoms with Crippen LogP contribution in [0, 0.1) is 0 Å². The lowest BCUT2D eigenvalue weighted by Gasteiger charge is -2.05. The van der Waals surface area contributed by atoms with Gasteiger partial charge >= 0.3 is 0 Å². The number of hydrogen-bond donors (Lipinski definition) is 0. The maximum atomic E-state index is 12.4. The molecular formula is C16H11ClO4S. The first-order chi connectivity index (χ1) is 10.5. The summed E-state index contributed by atoms with van der Waals surface area (Å²) in [5.74, 6) is -0.415. The summed E-state index contributed by atoms with van der Waals surface area (Å²) in [5, 5.41) is 0.663. The minimum atomic E-state index is -3.61. The second-order valence-electron chi connectivity index (χ2n) is 4.80. The molecule has 0 saturated carbocycles. The summed E-state index contributed by atoms with van der Waals surface area (Å²) in [6.45, 7) is 0. The average Bonchev–Trinajstić information content (AvgIpc) is 2.51. The van der Waals surface area contributed by atoms with E-state index < -0.39 is 15.6 Å². The zero-order valence-electron chi connectivity index (χ0n) is 11.3. The molecule has 0 N–H and O–H groups in total. The number of hydrogen-bond acceptors (Lipinski definition) is 4. The van der Waals surface area contributed by atoms with E-state index in [0.717, 1.165) is 0 Å². The number of halogens is 1. The van der Waals surface area contributed by atoms with Gasteiger partial charge in [0.25, 0.3) is 0 Å². The van der Waals surface area contributed by atoms with Gasteiger partial charge in [0.15, 0.2) is 15.3 Å². The predicted octanol–water partition coefficient (Wildman–Crippen LogP) is 3.42. The zero-order valence-corrected chi connectivity index (χ0v) is 12.9. The van der Waals surface area contributed by atoms with Crippen LogP contribution in [0.2, 0.25) is 5.02 Å². The standard InChI is InChI=1S/C16H11ClO4S/c17-12-6-7-15-14(8-12)16(18)11(9-21-15)10-22(19,20)13-4-2-1-3-5-13/h1-9H,10H2. The SMILES string of the molecule is O=c1c(CS(=O)(=O)c2ccccc2)coc2ccc(Cl)cc12. The second kappa shape index (κ2) is 5.59. The van der Waals surface area contributed by atoms with Gasteiger partial charge in [-0.15, -0.1) is 0 Å². The number of fused-ring (bicyclic) bond motifs is 1. The molecule has 1 aromatic heterocycles. The highest BCUT2D eigenvalue weighted by Gasteiger charge is 2.18. The van der Waals surface area contributed by atoms with Crippen LogP contribution >= 0.6 is 11.6 Å². The largest absolute Gasteiger partial charge is 0.464 e. The molecule has 2 aromatic carbocycles. The third kappa shape index (κ3) is 2.77. The van der Waals surface area contributed by atoms with Crippen LogP contribution in [0.5, 0.6) is 0 Å². The van der Waals surface area contributed by atoms with Crippen molar-refractivity contribution >= 4 is 32.4 Å². The first-order valence-corrected chi connectivity index (χ1v) is 8.48. The maximum Gasteiger partial charge on any atom is 0.196 e. The van der Waals surface area contributed by atoms with Gasteiger partial charge in [-0.2, -0.15) is 0 Å². The molecule has 0 spiro atoms. The quantitative estimate of drug-likeness (QED) is 0.736. The van der Waals surface area contributed by atoms with Gasteiger partial charge in [-0.1, -0.05) is 29.8 Å². The molecule has 4 nitrogen and oxygen atoms in total. The van der Waals surface area contributed by atoms with Gasteiger partial charge in [0.1, 0.15) is 5.58 Å². The van der Waals surface area contributed by atoms with Crippen molar-refractivity contribution in [3.8, 4) is 0 Å². The molecule has 0 fully saturated rings. The molecule has 0 unspecified atom stereocenters. The van der Waals surface area contributed by atoms with Crippen LogP contribution in [0.4, 0.5) is 0 Å². The number of sulfone groups is 1. The van der Waals surface area contributed by atoms with Crippen LogP contribution in [0.1, 0.15) is 5.56 Å². The van der Waals surface area contributed by atoms with E-state index in [4.69, 9.17) is 16.0 Å². The van der Waals surface area contributed by atoms with E-state index in [1.807, 2.05) is 0 Å². The van der Waals surface area contributed by atoms with Crippen molar-refractivity contribution in [1.29, 1.82) is 0 Å². The van der Waals surface area contributed by atoms with Crippen molar-refractivity contribution in [3.05, 3.63) is 75.6 Å². The Morgan fingerprint density at radius 2 is 1.77 bits per heavy atom. The van der Waals surface area contributed by atoms with Gasteiger partial charge in [0, 0.05) is 5.02 Å². The van der Waals surface area contributed by atoms with Gasteiger partial charge in [-0.05, 0) is 30.3 Å². The lowest BCUT2D eigenvalue weighted by molar-refractivity contribution is 0.583. The molecule has 0 aliphatic carbocycles. The van der Waals surface area contributed by atoms with E-state index in [1.54, 1.807) is 30.3 Å². The van der Waals surface area contributed by atoms with E-state index in [0.29, 0.717) is 10.6 Å². The van der Waals surface area contributed by atoms with E-state index in [9.17, 15) is 13.2 Å². The zero-order chi connectivity index (χ0) is 15.7. The van der Waals surface area contributed by atoms with E-state index >= 15 is 0 Å². The Kier molecular flexibility index (Phi) is 3.76. The highest BCUT2D eigenvalue weighted by Crippen LogP contribution is 2.19. The molecule has 0 aliphatic rings. The summed E-state index contributed by atoms with van der Waals surface area (Å²) in [7, 11) is -3.61. The fraction of sp³-hybridized carbons (Fsp3) is 0.0625. The summed E-state index contributed by atoms with van der Waals surface area (Å²) in [6.07, 6.45) is 1.19. The van der Waals surface area contributed by atoms with Crippen molar-refractivity contribution in [3.63, 3.8) is 0 Å². The highest BCUT2D eigenvalue weighted by atomic mass is 35.5. The van der Waals surface area contributed by atoms with Gasteiger partial charge in [-0.3, -0.25) is 4.79 Å². The van der Waals surface area contributed by atoms with Crippen molar-refractivity contribution in [2.75, 3.05) is 0 Å². The molecule has 3 aromatic rings. The summed E-state index contributed by atoms with van der Waals surface area (Å²) in [4.78, 5) is 12.6. The van der Waals surface area contributed by atoms with Gasteiger partial charge in [0.05, 0.1) is 27.9 Å². The normalized spacial score (nSPS) is 11.7. The minimum absolute atomic E-state index is 0.0821. The Bertz CT molecular complexity index is 992. The van der Waals surface area contributed by atoms with Crippen LogP contribution in [-0.2, 0) is 15.6 Å². The number of rotatable bonds is 3. The summed E-state index contributed by atoms with van der Waals surface area (Å²) in [6, 6.07) is 12.6. The summed E-state index contributed by atoms with van der Waals surface area (Å²) in [5.41, 5.74) is 0.0668. The van der Waals surface area contributed by atoms with Crippen LogP contribution in [0.3, 0.4) is 0 Å². The Labute approximate surface area is 131 Å². The molecule has 3 rings (SSSR count). The highest BCUT2D eigenvalue weighted by molar-refractivity contribution is 7.90. The molecule has 0 aliphatic heterocycles.